The molecular formula is C30H48O8. The Kier molecular flexibility index (Phi) is 10.0. The van der Waals surface area contributed by atoms with E-state index in [-0.39, 0.29) is 30.5 Å². The van der Waals surface area contributed by atoms with E-state index < -0.39 is 48.2 Å². The van der Waals surface area contributed by atoms with Gasteiger partial charge in [-0.3, -0.25) is 0 Å². The van der Waals surface area contributed by atoms with Crippen molar-refractivity contribution in [3.05, 3.63) is 34.9 Å². The van der Waals surface area contributed by atoms with Gasteiger partial charge in [0.2, 0.25) is 0 Å². The van der Waals surface area contributed by atoms with E-state index in [0.29, 0.717) is 12.0 Å². The number of allylic oxidation sites excluding steroid dienone is 4. The fourth-order valence-electron chi connectivity index (χ4n) is 7.07. The Hall–Kier alpha value is -1.55. The molecule has 1 aliphatic heterocycles. The zero-order chi connectivity index (χ0) is 28.4. The molecule has 4 N–H and O–H groups in total. The second-order valence-corrected chi connectivity index (χ2v) is 12.3. The number of fused-ring (bicyclic) bond motifs is 1. The number of hydrogen-bond donors (Lipinski definition) is 4. The van der Waals surface area contributed by atoms with Gasteiger partial charge >= 0.3 is 5.97 Å². The summed E-state index contributed by atoms with van der Waals surface area (Å²) in [6.07, 6.45) is 2.65. The van der Waals surface area contributed by atoms with Crippen molar-refractivity contribution in [3.63, 3.8) is 0 Å². The summed E-state index contributed by atoms with van der Waals surface area (Å²) in [4.78, 5) is 13.0. The summed E-state index contributed by atoms with van der Waals surface area (Å²) in [6, 6.07) is 0. The van der Waals surface area contributed by atoms with Crippen LogP contribution in [0.1, 0.15) is 74.1 Å². The molecule has 216 valence electrons. The summed E-state index contributed by atoms with van der Waals surface area (Å²) < 4.78 is 18.1. The molecule has 0 aromatic rings. The third-order valence-electron chi connectivity index (χ3n) is 9.45. The van der Waals surface area contributed by atoms with Gasteiger partial charge in [-0.1, -0.05) is 50.1 Å². The molecule has 38 heavy (non-hydrogen) atoms. The Morgan fingerprint density at radius 3 is 2.50 bits per heavy atom. The molecule has 0 spiro atoms. The largest absolute Gasteiger partial charge is 0.456 e. The first-order valence-corrected chi connectivity index (χ1v) is 13.9. The number of hydrogen-bond acceptors (Lipinski definition) is 8. The van der Waals surface area contributed by atoms with Gasteiger partial charge in [-0.05, 0) is 70.6 Å². The predicted octanol–water partition coefficient (Wildman–Crippen LogP) is 3.43. The second-order valence-electron chi connectivity index (χ2n) is 12.3. The van der Waals surface area contributed by atoms with Gasteiger partial charge in [-0.25, -0.2) is 4.79 Å². The first-order chi connectivity index (χ1) is 17.8. The fraction of sp³-hybridized carbons (Fsp3) is 0.767. The minimum absolute atomic E-state index is 0.0249. The van der Waals surface area contributed by atoms with E-state index in [1.165, 1.54) is 5.57 Å². The van der Waals surface area contributed by atoms with Crippen LogP contribution in [0.2, 0.25) is 0 Å². The molecule has 1 saturated heterocycles. The second kappa shape index (κ2) is 12.3. The van der Waals surface area contributed by atoms with Crippen LogP contribution in [0.25, 0.3) is 0 Å². The van der Waals surface area contributed by atoms with Gasteiger partial charge in [0.05, 0.1) is 19.3 Å². The van der Waals surface area contributed by atoms with E-state index in [2.05, 4.69) is 33.8 Å². The average molecular weight is 537 g/mol. The van der Waals surface area contributed by atoms with Gasteiger partial charge in [0.15, 0.2) is 6.29 Å². The summed E-state index contributed by atoms with van der Waals surface area (Å²) >= 11 is 0. The first-order valence-electron chi connectivity index (χ1n) is 13.9. The number of ether oxygens (including phenoxy) is 3. The SMILES string of the molecule is CC=C(C)C(=O)OC1C(OC2OCC(O)C(O)C2O)CC2(C)C(CCC(C)=CCO)C(C)=CCC2C1(C)C. The van der Waals surface area contributed by atoms with Crippen LogP contribution in [-0.2, 0) is 19.0 Å². The average Bonchev–Trinajstić information content (AvgIpc) is 2.85. The molecule has 0 aromatic carbocycles. The van der Waals surface area contributed by atoms with Crippen molar-refractivity contribution < 1.29 is 39.4 Å². The van der Waals surface area contributed by atoms with Gasteiger partial charge in [-0.15, -0.1) is 0 Å². The number of aliphatic hydroxyl groups is 4. The van der Waals surface area contributed by atoms with E-state index in [1.54, 1.807) is 19.9 Å². The zero-order valence-electron chi connectivity index (χ0n) is 24.0. The third kappa shape index (κ3) is 6.11. The molecule has 2 fully saturated rings. The molecule has 8 nitrogen and oxygen atoms in total. The van der Waals surface area contributed by atoms with Crippen LogP contribution in [0.3, 0.4) is 0 Å². The van der Waals surface area contributed by atoms with Crippen LogP contribution in [0.15, 0.2) is 34.9 Å². The molecule has 3 rings (SSSR count). The zero-order valence-corrected chi connectivity index (χ0v) is 24.0. The number of rotatable bonds is 8. The molecule has 8 heteroatoms. The Morgan fingerprint density at radius 1 is 1.18 bits per heavy atom. The Labute approximate surface area is 227 Å². The normalized spacial score (nSPS) is 39.8. The lowest BCUT2D eigenvalue weighted by atomic mass is 9.46. The highest BCUT2D eigenvalue weighted by Crippen LogP contribution is 2.62. The van der Waals surface area contributed by atoms with Crippen molar-refractivity contribution in [2.45, 2.75) is 111 Å². The van der Waals surface area contributed by atoms with Crippen LogP contribution in [0.5, 0.6) is 0 Å². The molecule has 0 amide bonds. The third-order valence-corrected chi connectivity index (χ3v) is 9.45. The van der Waals surface area contributed by atoms with Crippen molar-refractivity contribution in [3.8, 4) is 0 Å². The maximum Gasteiger partial charge on any atom is 0.333 e. The Balaban J connectivity index is 1.99. The standard InChI is InChI=1S/C30H48O8/c1-8-18(3)27(35)38-26-22(37-28-25(34)24(33)21(32)16-36-28)15-30(7)20(11-9-17(2)13-14-31)19(4)10-12-23(30)29(26,5)6/h8,10,13,20-26,28,31-34H,9,11-12,14-16H2,1-7H3. The molecule has 0 radical (unpaired) electrons. The number of carbonyl (C=O) groups excluding carboxylic acids is 1. The van der Waals surface area contributed by atoms with Gasteiger partial charge in [0.1, 0.15) is 24.4 Å². The Bertz CT molecular complexity index is 937. The molecule has 1 heterocycles. The maximum atomic E-state index is 13.0. The van der Waals surface area contributed by atoms with Crippen molar-refractivity contribution >= 4 is 5.97 Å². The summed E-state index contributed by atoms with van der Waals surface area (Å²) in [5.74, 6) is 0.0263. The van der Waals surface area contributed by atoms with Crippen LogP contribution < -0.4 is 0 Å². The molecule has 0 aromatic heterocycles. The van der Waals surface area contributed by atoms with Crippen LogP contribution in [-0.4, -0.2) is 76.4 Å². The topological polar surface area (TPSA) is 126 Å². The minimum atomic E-state index is -1.43. The summed E-state index contributed by atoms with van der Waals surface area (Å²) in [7, 11) is 0. The monoisotopic (exact) mass is 536 g/mol. The van der Waals surface area contributed by atoms with E-state index in [9.17, 15) is 25.2 Å². The predicted molar refractivity (Wildman–Crippen MR) is 144 cm³/mol. The van der Waals surface area contributed by atoms with Gasteiger partial charge in [-0.2, -0.15) is 0 Å². The molecule has 3 aliphatic rings. The highest BCUT2D eigenvalue weighted by molar-refractivity contribution is 5.87. The molecule has 9 unspecified atom stereocenters. The van der Waals surface area contributed by atoms with E-state index >= 15 is 0 Å². The lowest BCUT2D eigenvalue weighted by Gasteiger charge is -2.61. The first kappa shape index (κ1) is 31.0. The lowest BCUT2D eigenvalue weighted by Crippen LogP contribution is -2.63. The highest BCUT2D eigenvalue weighted by atomic mass is 16.7. The van der Waals surface area contributed by atoms with Crippen LogP contribution in [0.4, 0.5) is 0 Å². The summed E-state index contributed by atoms with van der Waals surface area (Å²) in [6.45, 7) is 14.1. The van der Waals surface area contributed by atoms with Crippen molar-refractivity contribution in [2.75, 3.05) is 13.2 Å². The van der Waals surface area contributed by atoms with E-state index in [4.69, 9.17) is 14.2 Å². The number of carbonyl (C=O) groups is 1. The number of esters is 1. The quantitative estimate of drug-likeness (QED) is 0.211. The molecular weight excluding hydrogens is 488 g/mol. The minimum Gasteiger partial charge on any atom is -0.456 e. The molecule has 9 atom stereocenters. The van der Waals surface area contributed by atoms with Gasteiger partial charge in [0.25, 0.3) is 0 Å². The molecule has 0 bridgehead atoms. The van der Waals surface area contributed by atoms with Crippen molar-refractivity contribution in [1.29, 1.82) is 0 Å². The summed E-state index contributed by atoms with van der Waals surface area (Å²) in [5, 5.41) is 40.1. The highest BCUT2D eigenvalue weighted by Gasteiger charge is 2.61. The maximum absolute atomic E-state index is 13.0. The fourth-order valence-corrected chi connectivity index (χ4v) is 7.07. The van der Waals surface area contributed by atoms with E-state index in [1.807, 2.05) is 13.0 Å². The van der Waals surface area contributed by atoms with Gasteiger partial charge in [0, 0.05) is 11.0 Å². The molecule has 2 aliphatic carbocycles. The van der Waals surface area contributed by atoms with Gasteiger partial charge < -0.3 is 34.6 Å². The smallest absolute Gasteiger partial charge is 0.333 e. The van der Waals surface area contributed by atoms with Crippen LogP contribution in [0, 0.1) is 22.7 Å². The summed E-state index contributed by atoms with van der Waals surface area (Å²) in [5.41, 5.74) is 2.29. The Morgan fingerprint density at radius 2 is 1.87 bits per heavy atom. The molecule has 1 saturated carbocycles. The van der Waals surface area contributed by atoms with E-state index in [0.717, 1.165) is 24.8 Å². The lowest BCUT2D eigenvalue weighted by molar-refractivity contribution is -0.310. The van der Waals surface area contributed by atoms with Crippen molar-refractivity contribution in [2.24, 2.45) is 22.7 Å². The van der Waals surface area contributed by atoms with Crippen molar-refractivity contribution in [1.82, 2.24) is 0 Å². The number of aliphatic hydroxyl groups excluding tert-OH is 4. The van der Waals surface area contributed by atoms with Crippen LogP contribution >= 0.6 is 0 Å².